The fourth-order valence-electron chi connectivity index (χ4n) is 3.90. The summed E-state index contributed by atoms with van der Waals surface area (Å²) >= 11 is 0. The van der Waals surface area contributed by atoms with E-state index in [0.29, 0.717) is 19.0 Å². The summed E-state index contributed by atoms with van der Waals surface area (Å²) in [6.45, 7) is 4.87. The molecule has 2 rings (SSSR count). The van der Waals surface area contributed by atoms with Crippen molar-refractivity contribution in [2.24, 2.45) is 5.92 Å². The summed E-state index contributed by atoms with van der Waals surface area (Å²) in [4.78, 5) is 12.3. The highest BCUT2D eigenvalue weighted by molar-refractivity contribution is 7.91. The van der Waals surface area contributed by atoms with Gasteiger partial charge in [0, 0.05) is 52.4 Å². The maximum Gasteiger partial charge on any atom is 0.266 e. The Hall–Kier alpha value is -0.740. The molecule has 2 heterocycles. The predicted octanol–water partition coefficient (Wildman–Crippen LogP) is 1.68. The number of nitrogens with one attached hydrogen (secondary N) is 1. The number of amides is 1. The first-order chi connectivity index (χ1) is 13.0. The van der Waals surface area contributed by atoms with Gasteiger partial charge in [0.05, 0.1) is 0 Å². The third kappa shape index (κ3) is 5.41. The largest absolute Gasteiger partial charge is 0.381 e. The van der Waals surface area contributed by atoms with E-state index in [2.05, 4.69) is 6.92 Å². The molecule has 0 saturated carbocycles. The molecule has 158 valence electrons. The molecule has 0 radical (unpaired) electrons. The van der Waals surface area contributed by atoms with Crippen molar-refractivity contribution in [1.82, 2.24) is 9.79 Å². The van der Waals surface area contributed by atoms with E-state index >= 15 is 0 Å². The summed E-state index contributed by atoms with van der Waals surface area (Å²) in [6.07, 6.45) is 6.06. The Morgan fingerprint density at radius 2 is 1.89 bits per heavy atom. The van der Waals surface area contributed by atoms with Crippen molar-refractivity contribution in [1.29, 1.82) is 0 Å². The third-order valence-electron chi connectivity index (χ3n) is 5.79. The zero-order chi connectivity index (χ0) is 19.8. The number of carbonyl (C=O) groups is 1. The average Bonchev–Trinajstić information content (AvgIpc) is 2.70. The highest BCUT2D eigenvalue weighted by Crippen LogP contribution is 2.35. The van der Waals surface area contributed by atoms with E-state index in [4.69, 9.17) is 14.7 Å². The van der Waals surface area contributed by atoms with E-state index in [-0.39, 0.29) is 26.1 Å². The Kier molecular flexibility index (Phi) is 8.94. The van der Waals surface area contributed by atoms with Crippen molar-refractivity contribution in [2.75, 3.05) is 39.5 Å². The Morgan fingerprint density at radius 3 is 2.48 bits per heavy atom. The van der Waals surface area contributed by atoms with Crippen LogP contribution in [0.4, 0.5) is 0 Å². The van der Waals surface area contributed by atoms with Crippen LogP contribution in [0.25, 0.3) is 0 Å². The molecule has 0 atom stereocenters. The summed E-state index contributed by atoms with van der Waals surface area (Å²) in [5, 5.41) is 9.09. The number of sulfonamides is 1. The topological polar surface area (TPSA) is 105 Å². The fourth-order valence-corrected chi connectivity index (χ4v) is 6.05. The quantitative estimate of drug-likeness (QED) is 0.325. The molecule has 9 heteroatoms. The Morgan fingerprint density at radius 1 is 1.22 bits per heavy atom. The summed E-state index contributed by atoms with van der Waals surface area (Å²) in [6, 6.07) is 0. The van der Waals surface area contributed by atoms with Crippen molar-refractivity contribution in [3.05, 3.63) is 0 Å². The number of nitrogens with zero attached hydrogens (tertiary/aromatic N) is 1. The first-order valence-electron chi connectivity index (χ1n) is 10.1. The molecular formula is C18H34N2O6S. The molecule has 0 aromatic rings. The van der Waals surface area contributed by atoms with Gasteiger partial charge >= 0.3 is 0 Å². The van der Waals surface area contributed by atoms with Crippen LogP contribution in [0.5, 0.6) is 0 Å². The minimum Gasteiger partial charge on any atom is -0.381 e. The van der Waals surface area contributed by atoms with E-state index in [0.717, 1.165) is 38.9 Å². The van der Waals surface area contributed by atoms with Gasteiger partial charge in [-0.05, 0) is 31.6 Å². The van der Waals surface area contributed by atoms with Crippen LogP contribution in [0.15, 0.2) is 0 Å². The van der Waals surface area contributed by atoms with Crippen LogP contribution in [-0.2, 0) is 24.3 Å². The number of hydrogen-bond donors (Lipinski definition) is 2. The fraction of sp³-hybridized carbons (Fsp3) is 0.944. The van der Waals surface area contributed by atoms with Crippen LogP contribution in [0.1, 0.15) is 58.3 Å². The van der Waals surface area contributed by atoms with E-state index in [1.807, 2.05) is 0 Å². The molecule has 2 saturated heterocycles. The Labute approximate surface area is 162 Å². The predicted molar refractivity (Wildman–Crippen MR) is 101 cm³/mol. The normalized spacial score (nSPS) is 21.9. The van der Waals surface area contributed by atoms with E-state index in [9.17, 15) is 13.2 Å². The van der Waals surface area contributed by atoms with Crippen molar-refractivity contribution < 1.29 is 27.9 Å². The summed E-state index contributed by atoms with van der Waals surface area (Å²) < 4.78 is 37.1. The molecule has 0 aromatic heterocycles. The second kappa shape index (κ2) is 10.7. The number of ether oxygens (including phenoxy) is 2. The van der Waals surface area contributed by atoms with Gasteiger partial charge in [0.2, 0.25) is 10.0 Å². The van der Waals surface area contributed by atoms with Crippen molar-refractivity contribution in [2.45, 2.75) is 63.0 Å². The molecule has 0 bridgehead atoms. The molecule has 0 unspecified atom stereocenters. The number of rotatable bonds is 10. The van der Waals surface area contributed by atoms with Gasteiger partial charge in [-0.1, -0.05) is 19.8 Å². The minimum atomic E-state index is -3.87. The second-order valence-electron chi connectivity index (χ2n) is 7.50. The van der Waals surface area contributed by atoms with E-state index in [1.165, 1.54) is 17.1 Å². The molecule has 0 aromatic carbocycles. The van der Waals surface area contributed by atoms with Gasteiger partial charge in [0.1, 0.15) is 0 Å². The molecule has 0 spiro atoms. The lowest BCUT2D eigenvalue weighted by atomic mass is 9.95. The van der Waals surface area contributed by atoms with Crippen LogP contribution >= 0.6 is 0 Å². The van der Waals surface area contributed by atoms with Crippen molar-refractivity contribution >= 4 is 15.9 Å². The standard InChI is InChI=1S/C18H34N2O6S/c1-2-3-4-12-25-13-7-16-5-10-20(11-6-16)27(23,24)18(17(21)19-22)8-14-26-15-9-18/h16,22H,2-15H2,1H3,(H,19,21). The van der Waals surface area contributed by atoms with Crippen molar-refractivity contribution in [3.63, 3.8) is 0 Å². The smallest absolute Gasteiger partial charge is 0.266 e. The molecule has 8 nitrogen and oxygen atoms in total. The molecule has 2 aliphatic rings. The second-order valence-corrected chi connectivity index (χ2v) is 9.75. The van der Waals surface area contributed by atoms with Crippen LogP contribution in [0, 0.1) is 5.92 Å². The van der Waals surface area contributed by atoms with Gasteiger partial charge in [-0.15, -0.1) is 0 Å². The molecule has 27 heavy (non-hydrogen) atoms. The van der Waals surface area contributed by atoms with E-state index < -0.39 is 20.7 Å². The number of piperidine rings is 1. The first-order valence-corrected chi connectivity index (χ1v) is 11.5. The third-order valence-corrected chi connectivity index (χ3v) is 8.41. The Bertz CT molecular complexity index is 554. The first kappa shape index (κ1) is 22.5. The Balaban J connectivity index is 1.87. The van der Waals surface area contributed by atoms with Gasteiger partial charge in [-0.2, -0.15) is 0 Å². The van der Waals surface area contributed by atoms with Crippen LogP contribution in [0.3, 0.4) is 0 Å². The van der Waals surface area contributed by atoms with Gasteiger partial charge in [0.15, 0.2) is 4.75 Å². The molecule has 2 fully saturated rings. The maximum absolute atomic E-state index is 13.2. The highest BCUT2D eigenvalue weighted by Gasteiger charge is 2.54. The molecule has 0 aliphatic carbocycles. The van der Waals surface area contributed by atoms with Gasteiger partial charge in [0.25, 0.3) is 5.91 Å². The molecule has 1 amide bonds. The summed E-state index contributed by atoms with van der Waals surface area (Å²) in [5.41, 5.74) is 1.56. The minimum absolute atomic E-state index is 0.0628. The summed E-state index contributed by atoms with van der Waals surface area (Å²) in [5.74, 6) is -0.409. The lowest BCUT2D eigenvalue weighted by Gasteiger charge is -2.40. The highest BCUT2D eigenvalue weighted by atomic mass is 32.2. The van der Waals surface area contributed by atoms with Crippen LogP contribution < -0.4 is 5.48 Å². The summed E-state index contributed by atoms with van der Waals surface area (Å²) in [7, 11) is -3.87. The monoisotopic (exact) mass is 406 g/mol. The average molecular weight is 407 g/mol. The van der Waals surface area contributed by atoms with Crippen LogP contribution in [-0.4, -0.2) is 68.1 Å². The zero-order valence-electron chi connectivity index (χ0n) is 16.3. The molecular weight excluding hydrogens is 372 g/mol. The lowest BCUT2D eigenvalue weighted by molar-refractivity contribution is -0.134. The van der Waals surface area contributed by atoms with Gasteiger partial charge < -0.3 is 9.47 Å². The number of hydrogen-bond acceptors (Lipinski definition) is 6. The number of carbonyl (C=O) groups excluding carboxylic acids is 1. The molecule has 2 N–H and O–H groups in total. The van der Waals surface area contributed by atoms with Crippen molar-refractivity contribution in [3.8, 4) is 0 Å². The van der Waals surface area contributed by atoms with Gasteiger partial charge in [-0.25, -0.2) is 18.2 Å². The van der Waals surface area contributed by atoms with E-state index in [1.54, 1.807) is 5.48 Å². The number of unbranched alkanes of at least 4 members (excludes halogenated alkanes) is 2. The lowest BCUT2D eigenvalue weighted by Crippen LogP contribution is -2.60. The SMILES string of the molecule is CCCCCOCCC1CCN(S(=O)(=O)C2(C(=O)NO)CCOCC2)CC1. The molecule has 2 aliphatic heterocycles. The van der Waals surface area contributed by atoms with Gasteiger partial charge in [-0.3, -0.25) is 10.0 Å². The number of hydroxylamine groups is 1. The van der Waals surface area contributed by atoms with Crippen LogP contribution in [0.2, 0.25) is 0 Å². The zero-order valence-corrected chi connectivity index (χ0v) is 17.1. The maximum atomic E-state index is 13.2.